The number of hydrogen-bond acceptors (Lipinski definition) is 3. The second-order valence-electron chi connectivity index (χ2n) is 7.42. The summed E-state index contributed by atoms with van der Waals surface area (Å²) < 4.78 is 16.8. The van der Waals surface area contributed by atoms with Crippen LogP contribution in [0.25, 0.3) is 33.2 Å². The summed E-state index contributed by atoms with van der Waals surface area (Å²) in [6.07, 6.45) is 9.53. The number of nitrogens with two attached hydrogens (primary N) is 1. The van der Waals surface area contributed by atoms with Gasteiger partial charge in [-0.25, -0.2) is 14.4 Å². The number of primary amides is 1. The maximum atomic E-state index is 14.6. The van der Waals surface area contributed by atoms with Gasteiger partial charge in [-0.05, 0) is 36.6 Å². The second-order valence-corrected chi connectivity index (χ2v) is 7.42. The highest BCUT2D eigenvalue weighted by molar-refractivity contribution is 6.08. The number of fused-ring (bicyclic) bond motifs is 2. The number of nitrogens with one attached hydrogen (secondary N) is 1. The molecular formula is C21H20FN5O. The predicted molar refractivity (Wildman–Crippen MR) is 105 cm³/mol. The molecular weight excluding hydrogens is 357 g/mol. The van der Waals surface area contributed by atoms with Crippen LogP contribution in [0, 0.1) is 5.82 Å². The number of imidazole rings is 2. The van der Waals surface area contributed by atoms with Gasteiger partial charge in [0.1, 0.15) is 11.4 Å². The van der Waals surface area contributed by atoms with Crippen molar-refractivity contribution >= 4 is 28.0 Å². The molecule has 0 atom stereocenters. The fourth-order valence-electron chi connectivity index (χ4n) is 4.39. The van der Waals surface area contributed by atoms with E-state index in [1.165, 1.54) is 44.5 Å². The average Bonchev–Trinajstić information content (AvgIpc) is 3.34. The monoisotopic (exact) mass is 377 g/mol. The number of aromatic nitrogens is 4. The fourth-order valence-corrected chi connectivity index (χ4v) is 4.39. The van der Waals surface area contributed by atoms with Crippen molar-refractivity contribution in [2.45, 2.75) is 38.1 Å². The third kappa shape index (κ3) is 2.58. The van der Waals surface area contributed by atoms with Crippen molar-refractivity contribution in [2.24, 2.45) is 5.73 Å². The Morgan fingerprint density at radius 2 is 2.00 bits per heavy atom. The molecule has 2 aromatic carbocycles. The lowest BCUT2D eigenvalue weighted by Gasteiger charge is -2.23. The first-order chi connectivity index (χ1) is 13.6. The molecule has 7 heteroatoms. The van der Waals surface area contributed by atoms with Gasteiger partial charge in [-0.15, -0.1) is 0 Å². The molecule has 0 saturated heterocycles. The minimum absolute atomic E-state index is 0.168. The summed E-state index contributed by atoms with van der Waals surface area (Å²) in [5, 5.41) is 0. The topological polar surface area (TPSA) is 89.6 Å². The van der Waals surface area contributed by atoms with Crippen LogP contribution in [0.3, 0.4) is 0 Å². The highest BCUT2D eigenvalue weighted by Gasteiger charge is 2.21. The smallest absolute Gasteiger partial charge is 0.253 e. The van der Waals surface area contributed by atoms with E-state index < -0.39 is 11.7 Å². The summed E-state index contributed by atoms with van der Waals surface area (Å²) in [4.78, 5) is 23.3. The van der Waals surface area contributed by atoms with Gasteiger partial charge in [-0.2, -0.15) is 0 Å². The van der Waals surface area contributed by atoms with Crippen molar-refractivity contribution in [3.8, 4) is 11.1 Å². The number of amides is 1. The van der Waals surface area contributed by atoms with Gasteiger partial charge in [0.05, 0.1) is 34.7 Å². The zero-order valence-corrected chi connectivity index (χ0v) is 15.3. The van der Waals surface area contributed by atoms with Crippen LogP contribution in [-0.2, 0) is 0 Å². The van der Waals surface area contributed by atoms with Gasteiger partial charge in [0.2, 0.25) is 0 Å². The molecule has 0 spiro atoms. The Morgan fingerprint density at radius 1 is 1.18 bits per heavy atom. The Kier molecular flexibility index (Phi) is 3.89. The van der Waals surface area contributed by atoms with E-state index >= 15 is 0 Å². The number of carbonyl (C=O) groups excluding carboxylic acids is 1. The normalized spacial score (nSPS) is 15.5. The molecule has 6 nitrogen and oxygen atoms in total. The van der Waals surface area contributed by atoms with E-state index in [0.717, 1.165) is 16.6 Å². The number of halogens is 1. The molecule has 3 N–H and O–H groups in total. The number of rotatable bonds is 3. The molecule has 0 aliphatic heterocycles. The van der Waals surface area contributed by atoms with Crippen LogP contribution >= 0.6 is 0 Å². The van der Waals surface area contributed by atoms with Gasteiger partial charge in [-0.1, -0.05) is 25.3 Å². The van der Waals surface area contributed by atoms with E-state index in [-0.39, 0.29) is 5.56 Å². The Labute approximate surface area is 160 Å². The maximum Gasteiger partial charge on any atom is 0.253 e. The van der Waals surface area contributed by atoms with Crippen molar-refractivity contribution in [3.05, 3.63) is 48.3 Å². The van der Waals surface area contributed by atoms with Crippen molar-refractivity contribution in [3.63, 3.8) is 0 Å². The molecule has 4 aromatic rings. The SMILES string of the molecule is NC(=O)c1c(F)cc(-c2ccc3c(c2)ncn3C2CCCCC2)c2nc[nH]c12. The van der Waals surface area contributed by atoms with Gasteiger partial charge in [-0.3, -0.25) is 4.79 Å². The van der Waals surface area contributed by atoms with Crippen LogP contribution in [0.5, 0.6) is 0 Å². The van der Waals surface area contributed by atoms with Crippen LogP contribution < -0.4 is 5.73 Å². The fraction of sp³-hybridized carbons (Fsp3) is 0.286. The number of aromatic amines is 1. The lowest BCUT2D eigenvalue weighted by atomic mass is 9.95. The highest BCUT2D eigenvalue weighted by Crippen LogP contribution is 2.34. The van der Waals surface area contributed by atoms with Gasteiger partial charge < -0.3 is 15.3 Å². The molecule has 2 aromatic heterocycles. The number of hydrogen-bond donors (Lipinski definition) is 2. The van der Waals surface area contributed by atoms with Gasteiger partial charge in [0.25, 0.3) is 5.91 Å². The van der Waals surface area contributed by atoms with Crippen LogP contribution in [0.4, 0.5) is 4.39 Å². The Hall–Kier alpha value is -3.22. The summed E-state index contributed by atoms with van der Waals surface area (Å²) in [5.74, 6) is -1.48. The first-order valence-corrected chi connectivity index (χ1v) is 9.56. The molecule has 1 amide bonds. The van der Waals surface area contributed by atoms with Crippen molar-refractivity contribution in [1.82, 2.24) is 19.5 Å². The Balaban J connectivity index is 1.63. The van der Waals surface area contributed by atoms with Gasteiger partial charge >= 0.3 is 0 Å². The third-order valence-electron chi connectivity index (χ3n) is 5.75. The average molecular weight is 377 g/mol. The number of benzene rings is 2. The first-order valence-electron chi connectivity index (χ1n) is 9.56. The Bertz CT molecular complexity index is 1200. The lowest BCUT2D eigenvalue weighted by Crippen LogP contribution is -2.14. The van der Waals surface area contributed by atoms with E-state index in [1.54, 1.807) is 0 Å². The van der Waals surface area contributed by atoms with E-state index in [4.69, 9.17) is 5.73 Å². The summed E-state index contributed by atoms with van der Waals surface area (Å²) in [7, 11) is 0. The van der Waals surface area contributed by atoms with Crippen molar-refractivity contribution < 1.29 is 9.18 Å². The van der Waals surface area contributed by atoms with Gasteiger partial charge in [0, 0.05) is 11.6 Å². The zero-order chi connectivity index (χ0) is 19.3. The molecule has 0 radical (unpaired) electrons. The van der Waals surface area contributed by atoms with Gasteiger partial charge in [0.15, 0.2) is 0 Å². The minimum atomic E-state index is -0.819. The van der Waals surface area contributed by atoms with Crippen LogP contribution in [0.2, 0.25) is 0 Å². The maximum absolute atomic E-state index is 14.6. The second kappa shape index (κ2) is 6.44. The number of nitrogens with zero attached hydrogens (tertiary/aromatic N) is 3. The largest absolute Gasteiger partial charge is 0.365 e. The zero-order valence-electron chi connectivity index (χ0n) is 15.3. The third-order valence-corrected chi connectivity index (χ3v) is 5.75. The molecule has 0 unspecified atom stereocenters. The summed E-state index contributed by atoms with van der Waals surface area (Å²) in [5.41, 5.74) is 9.36. The predicted octanol–water partition coefficient (Wildman–Crippen LogP) is 4.32. The molecule has 1 fully saturated rings. The minimum Gasteiger partial charge on any atom is -0.365 e. The molecule has 28 heavy (non-hydrogen) atoms. The number of carbonyl (C=O) groups is 1. The lowest BCUT2D eigenvalue weighted by molar-refractivity contribution is 0.0998. The quantitative estimate of drug-likeness (QED) is 0.557. The summed E-state index contributed by atoms with van der Waals surface area (Å²) in [6.45, 7) is 0. The highest BCUT2D eigenvalue weighted by atomic mass is 19.1. The van der Waals surface area contributed by atoms with Crippen molar-refractivity contribution in [2.75, 3.05) is 0 Å². The molecule has 1 saturated carbocycles. The van der Waals surface area contributed by atoms with Crippen molar-refractivity contribution in [1.29, 1.82) is 0 Å². The van der Waals surface area contributed by atoms with E-state index in [9.17, 15) is 9.18 Å². The molecule has 5 rings (SSSR count). The molecule has 0 bridgehead atoms. The van der Waals surface area contributed by atoms with Crippen LogP contribution in [-0.4, -0.2) is 25.4 Å². The van der Waals surface area contributed by atoms with E-state index in [2.05, 4.69) is 19.5 Å². The Morgan fingerprint density at radius 3 is 2.79 bits per heavy atom. The molecule has 142 valence electrons. The number of H-pyrrole nitrogens is 1. The molecule has 2 heterocycles. The van der Waals surface area contributed by atoms with Crippen LogP contribution in [0.1, 0.15) is 48.5 Å². The first kappa shape index (κ1) is 16.9. The van der Waals surface area contributed by atoms with Crippen LogP contribution in [0.15, 0.2) is 36.9 Å². The van der Waals surface area contributed by atoms with E-state index in [0.29, 0.717) is 22.6 Å². The summed E-state index contributed by atoms with van der Waals surface area (Å²) >= 11 is 0. The molecule has 1 aliphatic rings. The summed E-state index contributed by atoms with van der Waals surface area (Å²) in [6, 6.07) is 7.75. The van der Waals surface area contributed by atoms with E-state index in [1.807, 2.05) is 24.5 Å². The molecule has 1 aliphatic carbocycles. The standard InChI is InChI=1S/C21H20FN5O/c22-15-9-14(19-20(25-10-24-19)18(15)21(23)28)12-6-7-17-16(8-12)26-11-27(17)13-4-2-1-3-5-13/h6-11,13H,1-5H2,(H2,23,28)(H,24,25).